The van der Waals surface area contributed by atoms with Gasteiger partial charge in [0.2, 0.25) is 0 Å². The zero-order valence-electron chi connectivity index (χ0n) is 10.5. The van der Waals surface area contributed by atoms with Crippen molar-refractivity contribution in [2.75, 3.05) is 0 Å². The number of aromatic nitrogens is 3. The van der Waals surface area contributed by atoms with Gasteiger partial charge in [-0.1, -0.05) is 0 Å². The minimum Gasteiger partial charge on any atom is -0.261 e. The lowest BCUT2D eigenvalue weighted by Crippen LogP contribution is -1.89. The second kappa shape index (κ2) is 5.05. The number of hydrogen-bond acceptors (Lipinski definition) is 4. The predicted octanol–water partition coefficient (Wildman–Crippen LogP) is 3.85. The van der Waals surface area contributed by atoms with Crippen molar-refractivity contribution in [2.45, 2.75) is 6.92 Å². The molecule has 0 fully saturated rings. The Hall–Kier alpha value is -2.21. The molecule has 0 aliphatic rings. The molecule has 0 unspecified atom stereocenters. The summed E-state index contributed by atoms with van der Waals surface area (Å²) in [5.41, 5.74) is 1.43. The largest absolute Gasteiger partial charge is 0.261 e. The minimum atomic E-state index is -0.621. The van der Waals surface area contributed by atoms with E-state index in [0.29, 0.717) is 16.4 Å². The van der Waals surface area contributed by atoms with Gasteiger partial charge in [0.1, 0.15) is 22.3 Å². The summed E-state index contributed by atoms with van der Waals surface area (Å²) in [4.78, 5) is 13.4. The fourth-order valence-electron chi connectivity index (χ4n) is 1.85. The summed E-state index contributed by atoms with van der Waals surface area (Å²) >= 11 is 1.40. The van der Waals surface area contributed by atoms with E-state index in [2.05, 4.69) is 15.0 Å². The van der Waals surface area contributed by atoms with Crippen molar-refractivity contribution in [3.05, 3.63) is 53.3 Å². The molecule has 0 saturated carbocycles. The zero-order valence-corrected chi connectivity index (χ0v) is 11.3. The van der Waals surface area contributed by atoms with Crippen molar-refractivity contribution >= 4 is 11.3 Å². The summed E-state index contributed by atoms with van der Waals surface area (Å²) in [6, 6.07) is 3.47. The highest BCUT2D eigenvalue weighted by atomic mass is 32.1. The Bertz CT molecular complexity index is 756. The van der Waals surface area contributed by atoms with Gasteiger partial charge in [-0.05, 0) is 19.1 Å². The third-order valence-electron chi connectivity index (χ3n) is 2.77. The van der Waals surface area contributed by atoms with Gasteiger partial charge in [0.15, 0.2) is 0 Å². The van der Waals surface area contributed by atoms with Gasteiger partial charge < -0.3 is 0 Å². The Labute approximate surface area is 118 Å². The molecule has 0 bridgehead atoms. The Morgan fingerprint density at radius 3 is 2.70 bits per heavy atom. The Morgan fingerprint density at radius 2 is 2.00 bits per heavy atom. The van der Waals surface area contributed by atoms with Crippen LogP contribution in [-0.4, -0.2) is 15.0 Å². The van der Waals surface area contributed by atoms with Crippen LogP contribution in [-0.2, 0) is 0 Å². The van der Waals surface area contributed by atoms with Gasteiger partial charge in [-0.15, -0.1) is 11.3 Å². The van der Waals surface area contributed by atoms with E-state index in [1.165, 1.54) is 23.5 Å². The van der Waals surface area contributed by atoms with Crippen LogP contribution in [0.3, 0.4) is 0 Å². The van der Waals surface area contributed by atoms with Crippen molar-refractivity contribution in [2.24, 2.45) is 0 Å². The number of benzene rings is 1. The van der Waals surface area contributed by atoms with Crippen LogP contribution in [0.4, 0.5) is 8.78 Å². The molecule has 100 valence electrons. The lowest BCUT2D eigenvalue weighted by molar-refractivity contribution is 0.585. The first kappa shape index (κ1) is 12.8. The average Bonchev–Trinajstić information content (AvgIpc) is 2.82. The molecule has 6 heteroatoms. The third-order valence-corrected chi connectivity index (χ3v) is 3.76. The summed E-state index contributed by atoms with van der Waals surface area (Å²) in [6.45, 7) is 1.84. The molecule has 0 amide bonds. The first-order valence-corrected chi connectivity index (χ1v) is 6.66. The van der Waals surface area contributed by atoms with E-state index < -0.39 is 11.6 Å². The second-order valence-corrected chi connectivity index (χ2v) is 5.34. The summed E-state index contributed by atoms with van der Waals surface area (Å²) in [5, 5.41) is 0.661. The zero-order chi connectivity index (χ0) is 14.1. The Morgan fingerprint density at radius 1 is 1.15 bits per heavy atom. The van der Waals surface area contributed by atoms with Gasteiger partial charge in [-0.2, -0.15) is 0 Å². The van der Waals surface area contributed by atoms with E-state index in [9.17, 15) is 8.78 Å². The van der Waals surface area contributed by atoms with Gasteiger partial charge >= 0.3 is 0 Å². The summed E-state index contributed by atoms with van der Waals surface area (Å²) in [7, 11) is 0. The van der Waals surface area contributed by atoms with E-state index in [1.54, 1.807) is 18.6 Å². The van der Waals surface area contributed by atoms with Crippen LogP contribution in [0.25, 0.3) is 22.0 Å². The van der Waals surface area contributed by atoms with Crippen LogP contribution in [0.15, 0.2) is 36.8 Å². The van der Waals surface area contributed by atoms with E-state index in [0.717, 1.165) is 10.9 Å². The number of hydrogen-bond donors (Lipinski definition) is 0. The number of aryl methyl sites for hydroxylation is 1. The molecule has 3 nitrogen and oxygen atoms in total. The SMILES string of the molecule is Cc1sc(-c2cnccn2)nc1-c1ccc(F)cc1F. The standard InChI is InChI=1S/C14H9F2N3S/c1-8-13(10-3-2-9(15)6-11(10)16)19-14(20-8)12-7-17-4-5-18-12/h2-7H,1H3. The highest BCUT2D eigenvalue weighted by molar-refractivity contribution is 7.15. The molecule has 3 aromatic rings. The highest BCUT2D eigenvalue weighted by Gasteiger charge is 2.15. The van der Waals surface area contributed by atoms with Crippen molar-refractivity contribution in [3.8, 4) is 22.0 Å². The summed E-state index contributed by atoms with van der Waals surface area (Å²) in [6.07, 6.45) is 4.75. The van der Waals surface area contributed by atoms with Crippen LogP contribution in [0, 0.1) is 18.6 Å². The molecule has 0 atom stereocenters. The van der Waals surface area contributed by atoms with Crippen LogP contribution in [0.1, 0.15) is 4.88 Å². The Balaban J connectivity index is 2.10. The second-order valence-electron chi connectivity index (χ2n) is 4.14. The van der Waals surface area contributed by atoms with E-state index in [4.69, 9.17) is 0 Å². The quantitative estimate of drug-likeness (QED) is 0.719. The molecule has 0 radical (unpaired) electrons. The Kier molecular flexibility index (Phi) is 3.23. The van der Waals surface area contributed by atoms with Crippen LogP contribution in [0.5, 0.6) is 0 Å². The number of halogens is 2. The van der Waals surface area contributed by atoms with Gasteiger partial charge in [-0.3, -0.25) is 9.97 Å². The maximum Gasteiger partial charge on any atom is 0.144 e. The van der Waals surface area contributed by atoms with Gasteiger partial charge in [0.25, 0.3) is 0 Å². The van der Waals surface area contributed by atoms with Gasteiger partial charge in [-0.25, -0.2) is 13.8 Å². The van der Waals surface area contributed by atoms with Crippen molar-refractivity contribution in [3.63, 3.8) is 0 Å². The maximum absolute atomic E-state index is 13.8. The van der Waals surface area contributed by atoms with Gasteiger partial charge in [0.05, 0.1) is 11.9 Å². The topological polar surface area (TPSA) is 38.7 Å². The average molecular weight is 289 g/mol. The fraction of sp³-hybridized carbons (Fsp3) is 0.0714. The molecule has 0 spiro atoms. The van der Waals surface area contributed by atoms with Crippen LogP contribution >= 0.6 is 11.3 Å². The number of rotatable bonds is 2. The molecule has 0 aliphatic carbocycles. The lowest BCUT2D eigenvalue weighted by Gasteiger charge is -2.00. The predicted molar refractivity (Wildman–Crippen MR) is 73.2 cm³/mol. The first-order valence-electron chi connectivity index (χ1n) is 5.84. The number of nitrogens with zero attached hydrogens (tertiary/aromatic N) is 3. The monoisotopic (exact) mass is 289 g/mol. The summed E-state index contributed by atoms with van der Waals surface area (Å²) in [5.74, 6) is -1.22. The molecule has 0 saturated heterocycles. The van der Waals surface area contributed by atoms with Gasteiger partial charge in [0, 0.05) is 28.9 Å². The smallest absolute Gasteiger partial charge is 0.144 e. The molecular weight excluding hydrogens is 280 g/mol. The van der Waals surface area contributed by atoms with E-state index in [-0.39, 0.29) is 5.56 Å². The molecular formula is C14H9F2N3S. The molecule has 3 rings (SSSR count). The highest BCUT2D eigenvalue weighted by Crippen LogP contribution is 2.33. The van der Waals surface area contributed by atoms with Crippen molar-refractivity contribution in [1.82, 2.24) is 15.0 Å². The fourth-order valence-corrected chi connectivity index (χ4v) is 2.74. The molecule has 1 aromatic carbocycles. The first-order chi connectivity index (χ1) is 9.65. The van der Waals surface area contributed by atoms with Crippen LogP contribution in [0.2, 0.25) is 0 Å². The van der Waals surface area contributed by atoms with Crippen LogP contribution < -0.4 is 0 Å². The third kappa shape index (κ3) is 2.30. The normalized spacial score (nSPS) is 10.8. The molecule has 2 heterocycles. The molecule has 0 aliphatic heterocycles. The molecule has 0 N–H and O–H groups in total. The maximum atomic E-state index is 13.8. The van der Waals surface area contributed by atoms with E-state index in [1.807, 2.05) is 6.92 Å². The summed E-state index contributed by atoms with van der Waals surface area (Å²) < 4.78 is 26.8. The van der Waals surface area contributed by atoms with E-state index >= 15 is 0 Å². The van der Waals surface area contributed by atoms with Crippen molar-refractivity contribution in [1.29, 1.82) is 0 Å². The number of thiazole rings is 1. The lowest BCUT2D eigenvalue weighted by atomic mass is 10.1. The molecule has 20 heavy (non-hydrogen) atoms. The minimum absolute atomic E-state index is 0.287. The molecule has 2 aromatic heterocycles. The van der Waals surface area contributed by atoms with Crippen molar-refractivity contribution < 1.29 is 8.78 Å².